The Morgan fingerprint density at radius 3 is 2.48 bits per heavy atom. The van der Waals surface area contributed by atoms with E-state index in [2.05, 4.69) is 0 Å². The van der Waals surface area contributed by atoms with Crippen molar-refractivity contribution in [3.8, 4) is 11.5 Å². The van der Waals surface area contributed by atoms with E-state index in [1.165, 1.54) is 16.2 Å². The molecule has 2 aromatic rings. The van der Waals surface area contributed by atoms with Crippen LogP contribution in [-0.2, 0) is 14.3 Å². The Hall–Kier alpha value is -2.84. The summed E-state index contributed by atoms with van der Waals surface area (Å²) in [6.45, 7) is 10.8. The van der Waals surface area contributed by atoms with Crippen LogP contribution in [0.25, 0.3) is 5.76 Å². The van der Waals surface area contributed by atoms with Gasteiger partial charge in [0.1, 0.15) is 17.3 Å². The van der Waals surface area contributed by atoms with Crippen LogP contribution in [0.5, 0.6) is 11.5 Å². The minimum Gasteiger partial charge on any atom is -0.507 e. The zero-order chi connectivity index (χ0) is 24.1. The van der Waals surface area contributed by atoms with Crippen molar-refractivity contribution < 1.29 is 28.9 Å². The Kier molecular flexibility index (Phi) is 8.15. The van der Waals surface area contributed by atoms with Crippen LogP contribution in [0.4, 0.5) is 0 Å². The van der Waals surface area contributed by atoms with E-state index in [4.69, 9.17) is 14.2 Å². The summed E-state index contributed by atoms with van der Waals surface area (Å²) < 4.78 is 16.9. The van der Waals surface area contributed by atoms with Crippen molar-refractivity contribution in [3.05, 3.63) is 51.2 Å². The highest BCUT2D eigenvalue weighted by Crippen LogP contribution is 2.44. The molecule has 3 rings (SSSR count). The first kappa shape index (κ1) is 24.8. The zero-order valence-electron chi connectivity index (χ0n) is 19.7. The van der Waals surface area contributed by atoms with Gasteiger partial charge in [0.2, 0.25) is 0 Å². The molecule has 1 atom stereocenters. The number of rotatable bonds is 10. The minimum absolute atomic E-state index is 0.00125. The van der Waals surface area contributed by atoms with E-state index in [1.807, 2.05) is 46.1 Å². The fourth-order valence-corrected chi connectivity index (χ4v) is 4.86. The van der Waals surface area contributed by atoms with Crippen molar-refractivity contribution >= 4 is 28.8 Å². The number of Topliss-reactive ketones (excluding diaryl/α,β-unsaturated/α-hetero) is 1. The second-order valence-corrected chi connectivity index (χ2v) is 8.85. The molecule has 1 saturated heterocycles. The Morgan fingerprint density at radius 1 is 1.15 bits per heavy atom. The summed E-state index contributed by atoms with van der Waals surface area (Å²) in [5.74, 6) is -0.645. The number of likely N-dealkylation sites (tertiary alicyclic amines) is 1. The van der Waals surface area contributed by atoms with Crippen molar-refractivity contribution in [2.24, 2.45) is 0 Å². The molecule has 0 spiro atoms. The summed E-state index contributed by atoms with van der Waals surface area (Å²) in [4.78, 5) is 28.5. The molecule has 1 amide bonds. The molecule has 1 aromatic heterocycles. The zero-order valence-corrected chi connectivity index (χ0v) is 20.5. The number of ketones is 1. The van der Waals surface area contributed by atoms with Gasteiger partial charge >= 0.3 is 0 Å². The fraction of sp³-hybridized carbons (Fsp3) is 0.440. The van der Waals surface area contributed by atoms with Gasteiger partial charge in [0.25, 0.3) is 11.7 Å². The molecule has 1 aliphatic rings. The maximum atomic E-state index is 13.2. The predicted molar refractivity (Wildman–Crippen MR) is 128 cm³/mol. The summed E-state index contributed by atoms with van der Waals surface area (Å²) in [6, 6.07) is 6.28. The van der Waals surface area contributed by atoms with E-state index in [1.54, 1.807) is 18.2 Å². The number of amides is 1. The first-order valence-electron chi connectivity index (χ1n) is 11.1. The molecule has 0 bridgehead atoms. The number of thiophene rings is 1. The number of carbonyl (C=O) groups excluding carboxylic acids is 2. The largest absolute Gasteiger partial charge is 0.507 e. The monoisotopic (exact) mass is 473 g/mol. The number of aryl methyl sites for hydroxylation is 1. The van der Waals surface area contributed by atoms with E-state index in [9.17, 15) is 14.7 Å². The van der Waals surface area contributed by atoms with Crippen LogP contribution in [0.2, 0.25) is 0 Å². The molecule has 33 heavy (non-hydrogen) atoms. The summed E-state index contributed by atoms with van der Waals surface area (Å²) in [6.07, 6.45) is 0.00125. The molecular weight excluding hydrogens is 442 g/mol. The second kappa shape index (κ2) is 10.9. The van der Waals surface area contributed by atoms with Crippen molar-refractivity contribution in [2.45, 2.75) is 46.8 Å². The summed E-state index contributed by atoms with van der Waals surface area (Å²) in [5, 5.41) is 13.3. The standard InChI is InChI=1S/C25H31NO6S/c1-6-30-17-8-9-18(19(14-17)31-7-2)22(27)20-21(24-16(5)10-13-33-24)26(25(29)23(20)28)11-12-32-15(3)4/h8-10,13-15,21,27H,6-7,11-12H2,1-5H3/b22-20+. The van der Waals surface area contributed by atoms with Gasteiger partial charge in [-0.25, -0.2) is 0 Å². The lowest BCUT2D eigenvalue weighted by atomic mass is 9.98. The van der Waals surface area contributed by atoms with Gasteiger partial charge in [-0.15, -0.1) is 11.3 Å². The third-order valence-corrected chi connectivity index (χ3v) is 6.36. The van der Waals surface area contributed by atoms with Gasteiger partial charge in [-0.3, -0.25) is 9.59 Å². The van der Waals surface area contributed by atoms with Crippen LogP contribution in [0.3, 0.4) is 0 Å². The summed E-state index contributed by atoms with van der Waals surface area (Å²) in [5.41, 5.74) is 1.35. The van der Waals surface area contributed by atoms with E-state index in [0.29, 0.717) is 36.9 Å². The van der Waals surface area contributed by atoms with Crippen LogP contribution < -0.4 is 9.47 Å². The van der Waals surface area contributed by atoms with Gasteiger partial charge in [0.15, 0.2) is 0 Å². The van der Waals surface area contributed by atoms with Gasteiger partial charge in [-0.05, 0) is 63.8 Å². The van der Waals surface area contributed by atoms with E-state index in [0.717, 1.165) is 10.4 Å². The van der Waals surface area contributed by atoms with E-state index in [-0.39, 0.29) is 24.0 Å². The van der Waals surface area contributed by atoms with E-state index >= 15 is 0 Å². The number of carbonyl (C=O) groups is 2. The average Bonchev–Trinajstić information content (AvgIpc) is 3.29. The molecule has 7 nitrogen and oxygen atoms in total. The van der Waals surface area contributed by atoms with Crippen LogP contribution in [0.15, 0.2) is 35.2 Å². The summed E-state index contributed by atoms with van der Waals surface area (Å²) >= 11 is 1.45. The number of nitrogens with zero attached hydrogens (tertiary/aromatic N) is 1. The maximum absolute atomic E-state index is 13.2. The first-order chi connectivity index (χ1) is 15.8. The average molecular weight is 474 g/mol. The SMILES string of the molecule is CCOc1ccc(/C(O)=C2\C(=O)C(=O)N(CCOC(C)C)C2c2sccc2C)c(OCC)c1. The van der Waals surface area contributed by atoms with Crippen LogP contribution >= 0.6 is 11.3 Å². The normalized spacial score (nSPS) is 17.8. The maximum Gasteiger partial charge on any atom is 0.295 e. The lowest BCUT2D eigenvalue weighted by Gasteiger charge is -2.25. The molecule has 2 heterocycles. The molecule has 178 valence electrons. The van der Waals surface area contributed by atoms with Crippen molar-refractivity contribution in [2.75, 3.05) is 26.4 Å². The number of aliphatic hydroxyl groups excluding tert-OH is 1. The third-order valence-electron chi connectivity index (χ3n) is 5.29. The van der Waals surface area contributed by atoms with Gasteiger partial charge in [0, 0.05) is 17.5 Å². The topological polar surface area (TPSA) is 85.3 Å². The Balaban J connectivity index is 2.12. The molecular formula is C25H31NO6S. The molecule has 0 aliphatic carbocycles. The van der Waals surface area contributed by atoms with Crippen molar-refractivity contribution in [1.82, 2.24) is 4.90 Å². The fourth-order valence-electron chi connectivity index (χ4n) is 3.81. The Bertz CT molecular complexity index is 1040. The van der Waals surface area contributed by atoms with Crippen molar-refractivity contribution in [1.29, 1.82) is 0 Å². The van der Waals surface area contributed by atoms with Crippen LogP contribution in [0.1, 0.15) is 49.7 Å². The molecule has 1 fully saturated rings. The Labute approximate surface area is 198 Å². The number of aliphatic hydroxyl groups is 1. The lowest BCUT2D eigenvalue weighted by Crippen LogP contribution is -2.33. The quantitative estimate of drug-likeness (QED) is 0.306. The molecule has 0 radical (unpaired) electrons. The minimum atomic E-state index is -0.716. The highest BCUT2D eigenvalue weighted by molar-refractivity contribution is 7.10. The van der Waals surface area contributed by atoms with Gasteiger partial charge in [0.05, 0.1) is 43.1 Å². The second-order valence-electron chi connectivity index (χ2n) is 7.90. The first-order valence-corrected chi connectivity index (χ1v) is 12.0. The third kappa shape index (κ3) is 5.23. The van der Waals surface area contributed by atoms with Crippen LogP contribution in [-0.4, -0.2) is 54.2 Å². The Morgan fingerprint density at radius 2 is 1.88 bits per heavy atom. The molecule has 1 aliphatic heterocycles. The molecule has 8 heteroatoms. The van der Waals surface area contributed by atoms with E-state index < -0.39 is 17.7 Å². The number of hydrogen-bond acceptors (Lipinski definition) is 7. The molecule has 1 unspecified atom stereocenters. The van der Waals surface area contributed by atoms with Gasteiger partial charge in [-0.1, -0.05) is 0 Å². The highest BCUT2D eigenvalue weighted by Gasteiger charge is 2.47. The smallest absolute Gasteiger partial charge is 0.295 e. The number of benzene rings is 1. The molecule has 1 N–H and O–H groups in total. The molecule has 0 saturated carbocycles. The highest BCUT2D eigenvalue weighted by atomic mass is 32.1. The van der Waals surface area contributed by atoms with Crippen molar-refractivity contribution in [3.63, 3.8) is 0 Å². The lowest BCUT2D eigenvalue weighted by molar-refractivity contribution is -0.140. The predicted octanol–water partition coefficient (Wildman–Crippen LogP) is 4.70. The molecule has 1 aromatic carbocycles. The van der Waals surface area contributed by atoms with Gasteiger partial charge < -0.3 is 24.2 Å². The van der Waals surface area contributed by atoms with Gasteiger partial charge in [-0.2, -0.15) is 0 Å². The number of ether oxygens (including phenoxy) is 3. The number of hydrogen-bond donors (Lipinski definition) is 1. The summed E-state index contributed by atoms with van der Waals surface area (Å²) in [7, 11) is 0. The van der Waals surface area contributed by atoms with Crippen LogP contribution in [0, 0.1) is 6.92 Å².